The van der Waals surface area contributed by atoms with Crippen molar-refractivity contribution in [2.45, 2.75) is 6.92 Å². The normalized spacial score (nSPS) is 13.2. The maximum atomic E-state index is 12.9. The number of anilines is 1. The highest BCUT2D eigenvalue weighted by molar-refractivity contribution is 6.11. The molecule has 0 bridgehead atoms. The van der Waals surface area contributed by atoms with Gasteiger partial charge in [0.15, 0.2) is 17.1 Å². The molecular weight excluding hydrogens is 446 g/mol. The van der Waals surface area contributed by atoms with E-state index in [-0.39, 0.29) is 24.6 Å². The van der Waals surface area contributed by atoms with Crippen LogP contribution in [0.3, 0.4) is 0 Å². The molecule has 5 rings (SSSR count). The number of amides is 1. The van der Waals surface area contributed by atoms with E-state index in [9.17, 15) is 14.7 Å². The molecule has 0 radical (unpaired) electrons. The van der Waals surface area contributed by atoms with Crippen LogP contribution in [0.1, 0.15) is 23.0 Å². The summed E-state index contributed by atoms with van der Waals surface area (Å²) in [5, 5.41) is 18.9. The van der Waals surface area contributed by atoms with Gasteiger partial charge < -0.3 is 20.1 Å². The van der Waals surface area contributed by atoms with Gasteiger partial charge >= 0.3 is 5.97 Å². The van der Waals surface area contributed by atoms with Crippen molar-refractivity contribution in [3.8, 4) is 5.75 Å². The molecule has 4 aromatic rings. The van der Waals surface area contributed by atoms with Crippen molar-refractivity contribution in [1.29, 1.82) is 0 Å². The van der Waals surface area contributed by atoms with Crippen LogP contribution in [0.2, 0.25) is 0 Å². The highest BCUT2D eigenvalue weighted by Gasteiger charge is 2.24. The first kappa shape index (κ1) is 22.1. The first-order valence-corrected chi connectivity index (χ1v) is 11.2. The van der Waals surface area contributed by atoms with Gasteiger partial charge in [-0.15, -0.1) is 0 Å². The van der Waals surface area contributed by atoms with Crippen LogP contribution in [0.5, 0.6) is 5.75 Å². The van der Waals surface area contributed by atoms with Crippen LogP contribution in [0.4, 0.5) is 5.69 Å². The lowest BCUT2D eigenvalue weighted by Gasteiger charge is -2.24. The minimum absolute atomic E-state index is 0.106. The third-order valence-corrected chi connectivity index (χ3v) is 5.73. The van der Waals surface area contributed by atoms with Crippen molar-refractivity contribution in [2.75, 3.05) is 24.6 Å². The van der Waals surface area contributed by atoms with Crippen LogP contribution in [-0.2, 0) is 9.53 Å². The molecular formula is C26H23N5O4. The number of pyridine rings is 1. The molecule has 176 valence electrons. The number of benzene rings is 2. The van der Waals surface area contributed by atoms with Crippen LogP contribution >= 0.6 is 0 Å². The summed E-state index contributed by atoms with van der Waals surface area (Å²) < 4.78 is 6.15. The minimum Gasteiger partial charge on any atom is -0.505 e. The molecule has 1 aliphatic heterocycles. The van der Waals surface area contributed by atoms with Gasteiger partial charge in [0.2, 0.25) is 0 Å². The van der Waals surface area contributed by atoms with E-state index in [1.165, 1.54) is 10.8 Å². The Hall–Kier alpha value is -4.66. The minimum atomic E-state index is -0.662. The number of carbonyl (C=O) groups excluding carboxylic acids is 2. The number of carbonyl (C=O) groups is 2. The topological polar surface area (TPSA) is 109 Å². The fourth-order valence-corrected chi connectivity index (χ4v) is 4.20. The van der Waals surface area contributed by atoms with Gasteiger partial charge in [0.05, 0.1) is 6.61 Å². The number of aromatic nitrogens is 3. The monoisotopic (exact) mass is 469 g/mol. The van der Waals surface area contributed by atoms with Crippen molar-refractivity contribution in [2.24, 2.45) is 0 Å². The molecule has 9 nitrogen and oxygen atoms in total. The lowest BCUT2D eigenvalue weighted by molar-refractivity contribution is -0.141. The lowest BCUT2D eigenvalue weighted by atomic mass is 9.97. The first-order valence-electron chi connectivity index (χ1n) is 11.2. The number of nitrogens with one attached hydrogen (secondary N) is 1. The predicted molar refractivity (Wildman–Crippen MR) is 132 cm³/mol. The number of hydrogen-bond donors (Lipinski definition) is 2. The number of esters is 1. The second-order valence-electron chi connectivity index (χ2n) is 7.88. The molecule has 0 saturated carbocycles. The molecule has 2 aromatic carbocycles. The van der Waals surface area contributed by atoms with Crippen molar-refractivity contribution >= 4 is 39.6 Å². The SMILES string of the molecule is CCOC(=O)CNC(=O)c1c(O)c2cccc(C3=CN(c4ccccc4)CC=C3)c2c2ncnn12. The molecule has 0 atom stereocenters. The number of nitrogens with zero attached hydrogens (tertiary/aromatic N) is 4. The summed E-state index contributed by atoms with van der Waals surface area (Å²) in [5.74, 6) is -1.48. The number of hydrogen-bond acceptors (Lipinski definition) is 7. The van der Waals surface area contributed by atoms with E-state index < -0.39 is 11.9 Å². The Morgan fingerprint density at radius 1 is 1.14 bits per heavy atom. The molecule has 1 aliphatic rings. The molecule has 0 spiro atoms. The first-order chi connectivity index (χ1) is 17.1. The molecule has 0 fully saturated rings. The van der Waals surface area contributed by atoms with Gasteiger partial charge in [-0.25, -0.2) is 9.50 Å². The van der Waals surface area contributed by atoms with Gasteiger partial charge in [0.25, 0.3) is 5.91 Å². The van der Waals surface area contributed by atoms with E-state index in [4.69, 9.17) is 4.74 Å². The third-order valence-electron chi connectivity index (χ3n) is 5.73. The van der Waals surface area contributed by atoms with E-state index in [0.29, 0.717) is 16.4 Å². The highest BCUT2D eigenvalue weighted by Crippen LogP contribution is 2.37. The summed E-state index contributed by atoms with van der Waals surface area (Å²) in [6.45, 7) is 2.29. The van der Waals surface area contributed by atoms with Crippen LogP contribution in [0, 0.1) is 0 Å². The Kier molecular flexibility index (Phi) is 5.88. The Labute approximate surface area is 201 Å². The van der Waals surface area contributed by atoms with Gasteiger partial charge in [0, 0.05) is 29.2 Å². The van der Waals surface area contributed by atoms with Gasteiger partial charge in [-0.3, -0.25) is 9.59 Å². The molecule has 2 aromatic heterocycles. The number of rotatable bonds is 6. The second kappa shape index (κ2) is 9.30. The van der Waals surface area contributed by atoms with Crippen LogP contribution < -0.4 is 10.2 Å². The summed E-state index contributed by atoms with van der Waals surface area (Å²) in [5.41, 5.74) is 3.14. The van der Waals surface area contributed by atoms with E-state index in [2.05, 4.69) is 26.4 Å². The zero-order valence-corrected chi connectivity index (χ0v) is 19.0. The Morgan fingerprint density at radius 3 is 2.77 bits per heavy atom. The zero-order valence-electron chi connectivity index (χ0n) is 19.0. The van der Waals surface area contributed by atoms with Crippen molar-refractivity contribution < 1.29 is 19.4 Å². The van der Waals surface area contributed by atoms with Gasteiger partial charge in [-0.2, -0.15) is 5.10 Å². The predicted octanol–water partition coefficient (Wildman–Crippen LogP) is 3.30. The molecule has 35 heavy (non-hydrogen) atoms. The Bertz CT molecular complexity index is 1490. The van der Waals surface area contributed by atoms with E-state index in [1.807, 2.05) is 54.7 Å². The quantitative estimate of drug-likeness (QED) is 0.417. The highest BCUT2D eigenvalue weighted by atomic mass is 16.5. The summed E-state index contributed by atoms with van der Waals surface area (Å²) in [7, 11) is 0. The van der Waals surface area contributed by atoms with Gasteiger partial charge in [-0.05, 0) is 30.2 Å². The number of ether oxygens (including phenoxy) is 1. The summed E-state index contributed by atoms with van der Waals surface area (Å²) in [6, 6.07) is 15.5. The van der Waals surface area contributed by atoms with Crippen molar-refractivity contribution in [3.63, 3.8) is 0 Å². The zero-order chi connectivity index (χ0) is 24.4. The molecule has 1 amide bonds. The average molecular weight is 470 g/mol. The Balaban J connectivity index is 1.61. The Morgan fingerprint density at radius 2 is 1.97 bits per heavy atom. The largest absolute Gasteiger partial charge is 0.505 e. The van der Waals surface area contributed by atoms with Gasteiger partial charge in [-0.1, -0.05) is 48.6 Å². The van der Waals surface area contributed by atoms with Gasteiger partial charge in [0.1, 0.15) is 12.9 Å². The number of fused-ring (bicyclic) bond motifs is 3. The number of aromatic hydroxyl groups is 1. The fourth-order valence-electron chi connectivity index (χ4n) is 4.20. The molecule has 3 heterocycles. The second-order valence-corrected chi connectivity index (χ2v) is 7.88. The van der Waals surface area contributed by atoms with Crippen LogP contribution in [0.25, 0.3) is 22.0 Å². The number of allylic oxidation sites excluding steroid dienone is 2. The molecule has 0 unspecified atom stereocenters. The number of para-hydroxylation sites is 1. The van der Waals surface area contributed by atoms with E-state index in [1.54, 1.807) is 13.0 Å². The summed E-state index contributed by atoms with van der Waals surface area (Å²) in [6.07, 6.45) is 7.47. The summed E-state index contributed by atoms with van der Waals surface area (Å²) >= 11 is 0. The third kappa shape index (κ3) is 4.08. The van der Waals surface area contributed by atoms with Crippen molar-refractivity contribution in [3.05, 3.63) is 84.5 Å². The van der Waals surface area contributed by atoms with Crippen LogP contribution in [-0.4, -0.2) is 51.3 Å². The van der Waals surface area contributed by atoms with Crippen LogP contribution in [0.15, 0.2) is 73.2 Å². The fraction of sp³-hybridized carbons (Fsp3) is 0.154. The molecule has 9 heteroatoms. The molecule has 2 N–H and O–H groups in total. The molecule has 0 aliphatic carbocycles. The van der Waals surface area contributed by atoms with E-state index in [0.717, 1.165) is 23.4 Å². The standard InChI is InChI=1S/C26H23N5O4/c1-2-35-21(32)14-27-26(34)23-24(33)20-12-6-11-19(22(20)25-28-16-29-31(23)25)17-8-7-13-30(15-17)18-9-4-3-5-10-18/h3-12,15-16,33H,2,13-14H2,1H3,(H,27,34). The maximum Gasteiger partial charge on any atom is 0.325 e. The lowest BCUT2D eigenvalue weighted by Crippen LogP contribution is -2.32. The summed E-state index contributed by atoms with van der Waals surface area (Å²) in [4.78, 5) is 31.1. The van der Waals surface area contributed by atoms with E-state index >= 15 is 0 Å². The maximum absolute atomic E-state index is 12.9. The average Bonchev–Trinajstić information content (AvgIpc) is 3.37. The smallest absolute Gasteiger partial charge is 0.325 e. The van der Waals surface area contributed by atoms with Crippen molar-refractivity contribution in [1.82, 2.24) is 19.9 Å². The molecule has 0 saturated heterocycles.